The molecule has 0 spiro atoms. The summed E-state index contributed by atoms with van der Waals surface area (Å²) in [6.07, 6.45) is 1.42. The predicted molar refractivity (Wildman–Crippen MR) is 193 cm³/mol. The van der Waals surface area contributed by atoms with Gasteiger partial charge in [0.15, 0.2) is 34.8 Å². The lowest BCUT2D eigenvalue weighted by Gasteiger charge is -2.18. The van der Waals surface area contributed by atoms with Crippen molar-refractivity contribution < 1.29 is 46.2 Å². The van der Waals surface area contributed by atoms with E-state index in [1.165, 1.54) is 33.5 Å². The molecule has 5 aromatic carbocycles. The molecule has 53 heavy (non-hydrogen) atoms. The number of hydrogen-bond acceptors (Lipinski definition) is 7. The van der Waals surface area contributed by atoms with Crippen LogP contribution in [-0.4, -0.2) is 39.1 Å². The summed E-state index contributed by atoms with van der Waals surface area (Å²) >= 11 is 0.941. The fraction of sp³-hybridized carbons (Fsp3) is 0.103. The van der Waals surface area contributed by atoms with Gasteiger partial charge in [0.05, 0.1) is 21.3 Å². The van der Waals surface area contributed by atoms with Crippen molar-refractivity contribution >= 4 is 46.9 Å². The van der Waals surface area contributed by atoms with Gasteiger partial charge in [0.1, 0.15) is 16.6 Å². The van der Waals surface area contributed by atoms with Gasteiger partial charge in [-0.3, -0.25) is 14.4 Å². The summed E-state index contributed by atoms with van der Waals surface area (Å²) < 4.78 is 73.0. The number of carbonyl (C=O) groups is 3. The molecule has 0 saturated carbocycles. The van der Waals surface area contributed by atoms with Crippen molar-refractivity contribution in [1.82, 2.24) is 5.32 Å². The second kappa shape index (κ2) is 17.3. The first-order valence-corrected chi connectivity index (χ1v) is 16.6. The molecule has 0 aromatic heterocycles. The summed E-state index contributed by atoms with van der Waals surface area (Å²) in [5.41, 5.74) is -0.0498. The third-order valence-corrected chi connectivity index (χ3v) is 8.82. The SMILES string of the molecule is COc1cc(/C=C(/NC(=O)c2ccccc2)C(=O)Nc2cccc(SC(C(=O)Nc3c(F)c(F)cc(F)c3F)c3ccccc3)c2)cc(OC)c1OC. The zero-order chi connectivity index (χ0) is 38.1. The maximum Gasteiger partial charge on any atom is 0.272 e. The van der Waals surface area contributed by atoms with Gasteiger partial charge in [-0.2, -0.15) is 0 Å². The highest BCUT2D eigenvalue weighted by atomic mass is 32.2. The standard InChI is InChI=1S/C39H31F4N3O6S/c1-50-30-18-22(19-31(51-2)35(30)52-3)17-29(45-37(47)24-13-8-5-9-14-24)38(48)44-25-15-10-16-26(20-25)53-36(23-11-6-4-7-12-23)39(49)46-34-32(42)27(40)21-28(41)33(34)43/h4-21,36H,1-3H3,(H,44,48)(H,45,47)(H,46,49)/b29-17+. The van der Waals surface area contributed by atoms with Gasteiger partial charge >= 0.3 is 0 Å². The van der Waals surface area contributed by atoms with Crippen molar-refractivity contribution in [3.63, 3.8) is 0 Å². The number of halogens is 4. The summed E-state index contributed by atoms with van der Waals surface area (Å²) in [7, 11) is 4.32. The van der Waals surface area contributed by atoms with Crippen LogP contribution in [0.5, 0.6) is 17.2 Å². The number of carbonyl (C=O) groups excluding carboxylic acids is 3. The number of thioether (sulfide) groups is 1. The predicted octanol–water partition coefficient (Wildman–Crippen LogP) is 8.15. The average molecular weight is 746 g/mol. The van der Waals surface area contributed by atoms with Crippen LogP contribution in [0.4, 0.5) is 28.9 Å². The van der Waals surface area contributed by atoms with Crippen molar-refractivity contribution in [2.75, 3.05) is 32.0 Å². The number of benzene rings is 5. The van der Waals surface area contributed by atoms with Crippen molar-refractivity contribution in [2.45, 2.75) is 10.1 Å². The second-order valence-electron chi connectivity index (χ2n) is 11.1. The molecule has 5 aromatic rings. The molecule has 0 heterocycles. The first kappa shape index (κ1) is 38.0. The molecule has 0 saturated heterocycles. The molecule has 0 radical (unpaired) electrons. The molecule has 9 nitrogen and oxygen atoms in total. The molecule has 0 bridgehead atoms. The number of methoxy groups -OCH3 is 3. The minimum atomic E-state index is -1.76. The molecular formula is C39H31F4N3O6S. The molecule has 5 rings (SSSR count). The Bertz CT molecular complexity index is 2120. The zero-order valence-corrected chi connectivity index (χ0v) is 29.2. The van der Waals surface area contributed by atoms with Gasteiger partial charge in [0.2, 0.25) is 11.7 Å². The highest BCUT2D eigenvalue weighted by Gasteiger charge is 2.27. The van der Waals surface area contributed by atoms with Gasteiger partial charge < -0.3 is 30.2 Å². The van der Waals surface area contributed by atoms with E-state index in [9.17, 15) is 31.9 Å². The van der Waals surface area contributed by atoms with Gasteiger partial charge in [-0.15, -0.1) is 11.8 Å². The Kier molecular flexibility index (Phi) is 12.4. The molecule has 0 fully saturated rings. The number of hydrogen-bond donors (Lipinski definition) is 3. The Morgan fingerprint density at radius 2 is 1.30 bits per heavy atom. The summed E-state index contributed by atoms with van der Waals surface area (Å²) in [6, 6.07) is 25.9. The van der Waals surface area contributed by atoms with Gasteiger partial charge in [-0.25, -0.2) is 17.6 Å². The maximum absolute atomic E-state index is 14.5. The van der Waals surface area contributed by atoms with E-state index >= 15 is 0 Å². The Morgan fingerprint density at radius 3 is 1.89 bits per heavy atom. The van der Waals surface area contributed by atoms with Crippen LogP contribution in [0.2, 0.25) is 0 Å². The molecule has 0 aliphatic rings. The van der Waals surface area contributed by atoms with Crippen LogP contribution >= 0.6 is 11.8 Å². The highest BCUT2D eigenvalue weighted by Crippen LogP contribution is 2.40. The lowest BCUT2D eigenvalue weighted by Crippen LogP contribution is -2.30. The molecule has 3 N–H and O–H groups in total. The van der Waals surface area contributed by atoms with E-state index in [1.807, 2.05) is 5.32 Å². The molecular weight excluding hydrogens is 715 g/mol. The summed E-state index contributed by atoms with van der Waals surface area (Å²) in [5.74, 6) is -8.19. The Hall–Kier alpha value is -6.28. The largest absolute Gasteiger partial charge is 0.493 e. The van der Waals surface area contributed by atoms with Crippen LogP contribution in [-0.2, 0) is 9.59 Å². The van der Waals surface area contributed by atoms with Gasteiger partial charge in [0.25, 0.3) is 11.8 Å². The molecule has 0 aliphatic carbocycles. The topological polar surface area (TPSA) is 115 Å². The number of ether oxygens (including phenoxy) is 3. The van der Waals surface area contributed by atoms with Crippen molar-refractivity contribution in [1.29, 1.82) is 0 Å². The Morgan fingerprint density at radius 1 is 0.698 bits per heavy atom. The van der Waals surface area contributed by atoms with Gasteiger partial charge in [-0.1, -0.05) is 54.6 Å². The minimum absolute atomic E-state index is 0.0436. The molecule has 1 unspecified atom stereocenters. The van der Waals surface area contributed by atoms with E-state index in [1.54, 1.807) is 91.0 Å². The molecule has 1 atom stereocenters. The number of anilines is 2. The first-order valence-electron chi connectivity index (χ1n) is 15.7. The van der Waals surface area contributed by atoms with E-state index in [0.29, 0.717) is 38.8 Å². The van der Waals surface area contributed by atoms with E-state index in [0.717, 1.165) is 11.8 Å². The van der Waals surface area contributed by atoms with Crippen LogP contribution in [0.1, 0.15) is 26.7 Å². The Labute approximate surface area is 306 Å². The number of nitrogens with one attached hydrogen (secondary N) is 3. The van der Waals surface area contributed by atoms with E-state index in [2.05, 4.69) is 10.6 Å². The summed E-state index contributed by atoms with van der Waals surface area (Å²) in [6.45, 7) is 0. The smallest absolute Gasteiger partial charge is 0.272 e. The maximum atomic E-state index is 14.5. The average Bonchev–Trinajstić information content (AvgIpc) is 3.17. The minimum Gasteiger partial charge on any atom is -0.493 e. The molecule has 272 valence electrons. The third-order valence-electron chi connectivity index (χ3n) is 7.57. The van der Waals surface area contributed by atoms with Crippen molar-refractivity contribution in [3.8, 4) is 17.2 Å². The van der Waals surface area contributed by atoms with Crippen molar-refractivity contribution in [2.24, 2.45) is 0 Å². The Balaban J connectivity index is 1.45. The lowest BCUT2D eigenvalue weighted by molar-refractivity contribution is -0.116. The monoisotopic (exact) mass is 745 g/mol. The summed E-state index contributed by atoms with van der Waals surface area (Å²) in [4.78, 5) is 40.9. The van der Waals surface area contributed by atoms with Crippen molar-refractivity contribution in [3.05, 3.63) is 149 Å². The second-order valence-corrected chi connectivity index (χ2v) is 12.2. The fourth-order valence-electron chi connectivity index (χ4n) is 5.05. The van der Waals surface area contributed by atoms with E-state index in [4.69, 9.17) is 14.2 Å². The van der Waals surface area contributed by atoms with E-state index in [-0.39, 0.29) is 17.5 Å². The van der Waals surface area contributed by atoms with Crippen LogP contribution in [0.25, 0.3) is 6.08 Å². The molecule has 3 amide bonds. The zero-order valence-electron chi connectivity index (χ0n) is 28.3. The van der Waals surface area contributed by atoms with Crippen LogP contribution in [0.15, 0.2) is 114 Å². The molecule has 0 aliphatic heterocycles. The van der Waals surface area contributed by atoms with E-state index < -0.39 is 51.9 Å². The van der Waals surface area contributed by atoms with Gasteiger partial charge in [-0.05, 0) is 59.7 Å². The molecule has 14 heteroatoms. The van der Waals surface area contributed by atoms with Gasteiger partial charge in [0, 0.05) is 22.2 Å². The normalized spacial score (nSPS) is 11.6. The van der Waals surface area contributed by atoms with Crippen LogP contribution in [0, 0.1) is 23.3 Å². The lowest BCUT2D eigenvalue weighted by atomic mass is 10.1. The fourth-order valence-corrected chi connectivity index (χ4v) is 6.13. The first-order chi connectivity index (χ1) is 25.5. The number of rotatable bonds is 13. The highest BCUT2D eigenvalue weighted by molar-refractivity contribution is 8.00. The quantitative estimate of drug-likeness (QED) is 0.0483. The van der Waals surface area contributed by atoms with Crippen LogP contribution < -0.4 is 30.2 Å². The third kappa shape index (κ3) is 9.15. The van der Waals surface area contributed by atoms with Crippen LogP contribution in [0.3, 0.4) is 0 Å². The summed E-state index contributed by atoms with van der Waals surface area (Å²) in [5, 5.41) is 6.21. The number of amides is 3.